The summed E-state index contributed by atoms with van der Waals surface area (Å²) < 4.78 is 5.47. The van der Waals surface area contributed by atoms with Crippen molar-refractivity contribution in [1.29, 1.82) is 0 Å². The van der Waals surface area contributed by atoms with E-state index in [0.29, 0.717) is 12.0 Å². The van der Waals surface area contributed by atoms with Crippen molar-refractivity contribution in [2.45, 2.75) is 17.6 Å². The first-order valence-electron chi connectivity index (χ1n) is 6.69. The molecule has 2 heterocycles. The molecular formula is C14H19N3OS. The largest absolute Gasteiger partial charge is 0.381 e. The molecule has 0 saturated carbocycles. The Morgan fingerprint density at radius 3 is 3.16 bits per heavy atom. The van der Waals surface area contributed by atoms with Crippen molar-refractivity contribution in [1.82, 2.24) is 15.3 Å². The molecule has 2 aromatic rings. The number of aromatic nitrogens is 2. The quantitative estimate of drug-likeness (QED) is 0.823. The molecule has 1 aromatic heterocycles. The van der Waals surface area contributed by atoms with E-state index in [0.717, 1.165) is 41.6 Å². The van der Waals surface area contributed by atoms with Gasteiger partial charge in [0.05, 0.1) is 17.6 Å². The van der Waals surface area contributed by atoms with Gasteiger partial charge in [0.15, 0.2) is 5.16 Å². The minimum absolute atomic E-state index is 0.487. The lowest BCUT2D eigenvalue weighted by molar-refractivity contribution is 0.180. The molecule has 0 bridgehead atoms. The van der Waals surface area contributed by atoms with Crippen molar-refractivity contribution in [3.8, 4) is 0 Å². The van der Waals surface area contributed by atoms with Crippen LogP contribution in [0.5, 0.6) is 0 Å². The van der Waals surface area contributed by atoms with E-state index in [4.69, 9.17) is 4.74 Å². The Bertz CT molecular complexity index is 503. The molecule has 2 atom stereocenters. The molecule has 3 rings (SSSR count). The van der Waals surface area contributed by atoms with Gasteiger partial charge in [0.1, 0.15) is 0 Å². The van der Waals surface area contributed by atoms with Crippen LogP contribution in [0.4, 0.5) is 0 Å². The lowest BCUT2D eigenvalue weighted by Gasteiger charge is -2.20. The number of nitrogens with zero attached hydrogens (tertiary/aromatic N) is 1. The average molecular weight is 277 g/mol. The monoisotopic (exact) mass is 277 g/mol. The zero-order chi connectivity index (χ0) is 13.1. The van der Waals surface area contributed by atoms with Gasteiger partial charge in [-0.25, -0.2) is 4.98 Å². The van der Waals surface area contributed by atoms with Crippen molar-refractivity contribution in [3.63, 3.8) is 0 Å². The van der Waals surface area contributed by atoms with Crippen LogP contribution in [-0.2, 0) is 4.74 Å². The summed E-state index contributed by atoms with van der Waals surface area (Å²) in [6.07, 6.45) is 1.16. The van der Waals surface area contributed by atoms with Crippen molar-refractivity contribution in [2.75, 3.05) is 26.0 Å². The zero-order valence-electron chi connectivity index (χ0n) is 11.1. The lowest BCUT2D eigenvalue weighted by atomic mass is 10.0. The van der Waals surface area contributed by atoms with E-state index in [1.165, 1.54) is 0 Å². The van der Waals surface area contributed by atoms with Crippen LogP contribution in [0.3, 0.4) is 0 Å². The molecule has 1 aliphatic heterocycles. The summed E-state index contributed by atoms with van der Waals surface area (Å²) in [4.78, 5) is 7.95. The van der Waals surface area contributed by atoms with E-state index in [1.807, 2.05) is 25.2 Å². The van der Waals surface area contributed by atoms with E-state index in [2.05, 4.69) is 21.4 Å². The van der Waals surface area contributed by atoms with Crippen LogP contribution in [0.15, 0.2) is 29.4 Å². The van der Waals surface area contributed by atoms with Crippen molar-refractivity contribution in [2.24, 2.45) is 5.92 Å². The Hall–Kier alpha value is -1.04. The van der Waals surface area contributed by atoms with Crippen molar-refractivity contribution in [3.05, 3.63) is 24.3 Å². The number of rotatable bonds is 5. The Balaban J connectivity index is 1.64. The summed E-state index contributed by atoms with van der Waals surface area (Å²) in [5.41, 5.74) is 2.14. The molecule has 5 heteroatoms. The summed E-state index contributed by atoms with van der Waals surface area (Å²) in [5, 5.41) is 4.41. The van der Waals surface area contributed by atoms with Gasteiger partial charge in [-0.2, -0.15) is 0 Å². The summed E-state index contributed by atoms with van der Waals surface area (Å²) in [6, 6.07) is 8.63. The van der Waals surface area contributed by atoms with Gasteiger partial charge in [0.25, 0.3) is 0 Å². The van der Waals surface area contributed by atoms with Crippen molar-refractivity contribution < 1.29 is 4.74 Å². The van der Waals surface area contributed by atoms with Crippen LogP contribution in [-0.4, -0.2) is 42.0 Å². The van der Waals surface area contributed by atoms with Gasteiger partial charge in [-0.15, -0.1) is 0 Å². The van der Waals surface area contributed by atoms with Crippen LogP contribution in [0.2, 0.25) is 0 Å². The molecule has 1 aliphatic rings. The van der Waals surface area contributed by atoms with E-state index < -0.39 is 0 Å². The minimum Gasteiger partial charge on any atom is -0.381 e. The van der Waals surface area contributed by atoms with E-state index in [9.17, 15) is 0 Å². The number of para-hydroxylation sites is 2. The highest BCUT2D eigenvalue weighted by Gasteiger charge is 2.24. The maximum atomic E-state index is 5.47. The van der Waals surface area contributed by atoms with Crippen LogP contribution < -0.4 is 5.32 Å². The Labute approximate surface area is 117 Å². The van der Waals surface area contributed by atoms with Crippen LogP contribution >= 0.6 is 11.8 Å². The van der Waals surface area contributed by atoms with Crippen LogP contribution in [0.1, 0.15) is 6.42 Å². The maximum Gasteiger partial charge on any atom is 0.166 e. The van der Waals surface area contributed by atoms with Gasteiger partial charge < -0.3 is 15.0 Å². The summed E-state index contributed by atoms with van der Waals surface area (Å²) >= 11 is 1.78. The van der Waals surface area contributed by atoms with Gasteiger partial charge in [-0.1, -0.05) is 23.9 Å². The number of thioether (sulfide) groups is 1. The number of hydrogen-bond donors (Lipinski definition) is 2. The smallest absolute Gasteiger partial charge is 0.166 e. The number of imidazole rings is 1. The molecule has 102 valence electrons. The molecule has 2 N–H and O–H groups in total. The number of aromatic amines is 1. The van der Waals surface area contributed by atoms with Gasteiger partial charge in [0.2, 0.25) is 0 Å². The lowest BCUT2D eigenvalue weighted by Crippen LogP contribution is -2.36. The summed E-state index contributed by atoms with van der Waals surface area (Å²) in [6.45, 7) is 1.78. The zero-order valence-corrected chi connectivity index (χ0v) is 11.9. The Morgan fingerprint density at radius 2 is 2.42 bits per heavy atom. The summed E-state index contributed by atoms with van der Waals surface area (Å²) in [7, 11) is 2.03. The predicted octanol–water partition coefficient (Wildman–Crippen LogP) is 2.28. The number of ether oxygens (including phenoxy) is 1. The van der Waals surface area contributed by atoms with E-state index in [-0.39, 0.29) is 0 Å². The Morgan fingerprint density at radius 1 is 1.53 bits per heavy atom. The second-order valence-electron chi connectivity index (χ2n) is 4.89. The fraction of sp³-hybridized carbons (Fsp3) is 0.500. The van der Waals surface area contributed by atoms with Gasteiger partial charge >= 0.3 is 0 Å². The SMILES string of the molecule is CNC(CSc1nc2ccccc2[nH]1)C1CCOC1. The van der Waals surface area contributed by atoms with Crippen LogP contribution in [0, 0.1) is 5.92 Å². The third-order valence-electron chi connectivity index (χ3n) is 3.67. The number of hydrogen-bond acceptors (Lipinski definition) is 4. The molecule has 0 radical (unpaired) electrons. The number of H-pyrrole nitrogens is 1. The highest BCUT2D eigenvalue weighted by atomic mass is 32.2. The van der Waals surface area contributed by atoms with E-state index in [1.54, 1.807) is 11.8 Å². The fourth-order valence-electron chi connectivity index (χ4n) is 2.49. The molecule has 19 heavy (non-hydrogen) atoms. The average Bonchev–Trinajstić information content (AvgIpc) is 3.08. The molecule has 1 aromatic carbocycles. The standard InChI is InChI=1S/C14H19N3OS/c1-15-13(10-6-7-18-8-10)9-19-14-16-11-4-2-3-5-12(11)17-14/h2-5,10,13,15H,6-9H2,1H3,(H,16,17). The Kier molecular flexibility index (Phi) is 4.06. The molecule has 0 spiro atoms. The second-order valence-corrected chi connectivity index (χ2v) is 5.90. The highest BCUT2D eigenvalue weighted by Crippen LogP contribution is 2.24. The van der Waals surface area contributed by atoms with Crippen LogP contribution in [0.25, 0.3) is 11.0 Å². The van der Waals surface area contributed by atoms with E-state index >= 15 is 0 Å². The molecule has 2 unspecified atom stereocenters. The van der Waals surface area contributed by atoms with Crippen molar-refractivity contribution >= 4 is 22.8 Å². The molecule has 4 nitrogen and oxygen atoms in total. The molecule has 0 amide bonds. The molecular weight excluding hydrogens is 258 g/mol. The maximum absolute atomic E-state index is 5.47. The minimum atomic E-state index is 0.487. The first-order chi connectivity index (χ1) is 9.36. The van der Waals surface area contributed by atoms with Gasteiger partial charge in [-0.05, 0) is 25.6 Å². The first-order valence-corrected chi connectivity index (χ1v) is 7.68. The highest BCUT2D eigenvalue weighted by molar-refractivity contribution is 7.99. The third-order valence-corrected chi connectivity index (χ3v) is 4.66. The fourth-order valence-corrected chi connectivity index (χ4v) is 3.61. The third kappa shape index (κ3) is 2.94. The molecule has 0 aliphatic carbocycles. The molecule has 1 fully saturated rings. The predicted molar refractivity (Wildman–Crippen MR) is 78.6 cm³/mol. The summed E-state index contributed by atoms with van der Waals surface area (Å²) in [5.74, 6) is 1.64. The number of nitrogens with one attached hydrogen (secondary N) is 2. The topological polar surface area (TPSA) is 49.9 Å². The van der Waals surface area contributed by atoms with Gasteiger partial charge in [-0.3, -0.25) is 0 Å². The number of fused-ring (bicyclic) bond motifs is 1. The van der Waals surface area contributed by atoms with Gasteiger partial charge in [0, 0.05) is 24.3 Å². The first kappa shape index (κ1) is 13.0. The normalized spacial score (nSPS) is 21.0. The molecule has 1 saturated heterocycles. The second kappa shape index (κ2) is 5.94. The number of benzene rings is 1.